The smallest absolute Gasteiger partial charge is 0.114 e. The molecule has 2 nitrogen and oxygen atoms in total. The Kier molecular flexibility index (Phi) is 2.35. The van der Waals surface area contributed by atoms with Crippen molar-refractivity contribution < 1.29 is 0 Å². The molecule has 1 unspecified atom stereocenters. The maximum atomic E-state index is 5.94. The van der Waals surface area contributed by atoms with E-state index in [2.05, 4.69) is 10.6 Å². The van der Waals surface area contributed by atoms with Crippen LogP contribution in [0.15, 0.2) is 22.9 Å². The Morgan fingerprint density at radius 2 is 2.40 bits per heavy atom. The molecule has 0 radical (unpaired) electrons. The van der Waals surface area contributed by atoms with Gasteiger partial charge in [0.25, 0.3) is 0 Å². The Labute approximate surface area is 65.9 Å². The second-order valence-electron chi connectivity index (χ2n) is 2.25. The van der Waals surface area contributed by atoms with E-state index in [1.165, 1.54) is 0 Å². The maximum Gasteiger partial charge on any atom is 0.114 e. The normalized spacial score (nSPS) is 24.9. The molecule has 56 valence electrons. The largest absolute Gasteiger partial charge is 0.371 e. The van der Waals surface area contributed by atoms with Gasteiger partial charge in [-0.15, -0.1) is 0 Å². The summed E-state index contributed by atoms with van der Waals surface area (Å²) in [4.78, 5) is 0. The van der Waals surface area contributed by atoms with Crippen molar-refractivity contribution in [2.45, 2.75) is 13.1 Å². The summed E-state index contributed by atoms with van der Waals surface area (Å²) in [5.41, 5.74) is 1.11. The van der Waals surface area contributed by atoms with E-state index in [-0.39, 0.29) is 6.17 Å². The first-order valence-corrected chi connectivity index (χ1v) is 3.59. The van der Waals surface area contributed by atoms with Gasteiger partial charge in [0, 0.05) is 0 Å². The molecule has 2 N–H and O–H groups in total. The number of allylic oxidation sites excluding steroid dienone is 2. The number of likely N-dealkylation sites (N-methyl/N-ethyl adjacent to an activating group) is 1. The minimum Gasteiger partial charge on any atom is -0.371 e. The van der Waals surface area contributed by atoms with Gasteiger partial charge in [0.15, 0.2) is 0 Å². The quantitative estimate of drug-likeness (QED) is 0.599. The molecule has 0 saturated carbocycles. The molecule has 0 bridgehead atoms. The topological polar surface area (TPSA) is 24.1 Å². The highest BCUT2D eigenvalue weighted by Crippen LogP contribution is 2.16. The van der Waals surface area contributed by atoms with Crippen LogP contribution < -0.4 is 10.6 Å². The summed E-state index contributed by atoms with van der Waals surface area (Å²) in [6, 6.07) is 0. The van der Waals surface area contributed by atoms with Crippen molar-refractivity contribution >= 4 is 11.6 Å². The molecular formula is C7H11ClN2. The molecule has 1 aliphatic rings. The van der Waals surface area contributed by atoms with Gasteiger partial charge in [-0.1, -0.05) is 11.6 Å². The molecular weight excluding hydrogens is 148 g/mol. The Hall–Kier alpha value is -0.470. The van der Waals surface area contributed by atoms with Gasteiger partial charge >= 0.3 is 0 Å². The predicted molar refractivity (Wildman–Crippen MR) is 43.7 cm³/mol. The molecule has 3 heteroatoms. The molecule has 1 aliphatic heterocycles. The Morgan fingerprint density at radius 3 is 2.90 bits per heavy atom. The van der Waals surface area contributed by atoms with Crippen LogP contribution in [-0.2, 0) is 0 Å². The fourth-order valence-corrected chi connectivity index (χ4v) is 1.09. The lowest BCUT2D eigenvalue weighted by Crippen LogP contribution is -2.39. The van der Waals surface area contributed by atoms with Crippen molar-refractivity contribution in [1.82, 2.24) is 10.6 Å². The lowest BCUT2D eigenvalue weighted by Gasteiger charge is -2.20. The van der Waals surface area contributed by atoms with Gasteiger partial charge in [0.1, 0.15) is 6.17 Å². The zero-order valence-electron chi connectivity index (χ0n) is 6.11. The average molecular weight is 159 g/mol. The Balaban J connectivity index is 2.77. The van der Waals surface area contributed by atoms with E-state index in [4.69, 9.17) is 11.6 Å². The summed E-state index contributed by atoms with van der Waals surface area (Å²) >= 11 is 5.94. The monoisotopic (exact) mass is 158 g/mol. The third-order valence-corrected chi connectivity index (χ3v) is 2.03. The van der Waals surface area contributed by atoms with Crippen molar-refractivity contribution in [2.75, 3.05) is 7.05 Å². The minimum absolute atomic E-state index is 0.0895. The Morgan fingerprint density at radius 1 is 1.70 bits per heavy atom. The summed E-state index contributed by atoms with van der Waals surface area (Å²) < 4.78 is 0. The zero-order chi connectivity index (χ0) is 7.56. The number of nitrogens with one attached hydrogen (secondary N) is 2. The SMILES string of the molecule is CNC1NC=CC(C)=C1Cl. The van der Waals surface area contributed by atoms with E-state index in [0.717, 1.165) is 10.6 Å². The minimum atomic E-state index is 0.0895. The van der Waals surface area contributed by atoms with Gasteiger partial charge in [-0.25, -0.2) is 0 Å². The fourth-order valence-electron chi connectivity index (χ4n) is 0.860. The average Bonchev–Trinajstić information content (AvgIpc) is 1.95. The van der Waals surface area contributed by atoms with Gasteiger partial charge in [-0.05, 0) is 31.8 Å². The second-order valence-corrected chi connectivity index (χ2v) is 2.66. The molecule has 0 aromatic rings. The molecule has 1 rings (SSSR count). The van der Waals surface area contributed by atoms with Gasteiger partial charge in [0.2, 0.25) is 0 Å². The van der Waals surface area contributed by atoms with Gasteiger partial charge in [-0.3, -0.25) is 5.32 Å². The highest BCUT2D eigenvalue weighted by molar-refractivity contribution is 6.30. The molecule has 0 amide bonds. The highest BCUT2D eigenvalue weighted by Gasteiger charge is 2.12. The first-order valence-electron chi connectivity index (χ1n) is 3.22. The van der Waals surface area contributed by atoms with Crippen LogP contribution in [0.25, 0.3) is 0 Å². The van der Waals surface area contributed by atoms with Crippen molar-refractivity contribution in [2.24, 2.45) is 0 Å². The van der Waals surface area contributed by atoms with E-state index in [9.17, 15) is 0 Å². The second kappa shape index (κ2) is 3.08. The molecule has 1 heterocycles. The maximum absolute atomic E-state index is 5.94. The molecule has 0 saturated heterocycles. The zero-order valence-corrected chi connectivity index (χ0v) is 6.87. The predicted octanol–water partition coefficient (Wildman–Crippen LogP) is 1.16. The van der Waals surface area contributed by atoms with Crippen molar-refractivity contribution in [3.8, 4) is 0 Å². The van der Waals surface area contributed by atoms with Crippen LogP contribution in [0.3, 0.4) is 0 Å². The number of dihydropyridines is 1. The van der Waals surface area contributed by atoms with Crippen LogP contribution in [0.2, 0.25) is 0 Å². The van der Waals surface area contributed by atoms with E-state index >= 15 is 0 Å². The molecule has 0 aromatic heterocycles. The third kappa shape index (κ3) is 1.33. The van der Waals surface area contributed by atoms with Crippen LogP contribution in [0.1, 0.15) is 6.92 Å². The van der Waals surface area contributed by atoms with E-state index in [1.807, 2.05) is 26.2 Å². The summed E-state index contributed by atoms with van der Waals surface area (Å²) in [6.45, 7) is 1.99. The number of hydrogen-bond acceptors (Lipinski definition) is 2. The third-order valence-electron chi connectivity index (χ3n) is 1.52. The number of rotatable bonds is 1. The molecule has 10 heavy (non-hydrogen) atoms. The van der Waals surface area contributed by atoms with Crippen molar-refractivity contribution in [1.29, 1.82) is 0 Å². The number of hydrogen-bond donors (Lipinski definition) is 2. The molecule has 0 fully saturated rings. The summed E-state index contributed by atoms with van der Waals surface area (Å²) in [6.07, 6.45) is 3.94. The van der Waals surface area contributed by atoms with Crippen molar-refractivity contribution in [3.05, 3.63) is 22.9 Å². The van der Waals surface area contributed by atoms with Crippen LogP contribution in [-0.4, -0.2) is 13.2 Å². The first kappa shape index (κ1) is 7.63. The van der Waals surface area contributed by atoms with Crippen LogP contribution >= 0.6 is 11.6 Å². The highest BCUT2D eigenvalue weighted by atomic mass is 35.5. The summed E-state index contributed by atoms with van der Waals surface area (Å²) in [7, 11) is 1.87. The lowest BCUT2D eigenvalue weighted by molar-refractivity contribution is 0.592. The Bertz CT molecular complexity index is 184. The fraction of sp³-hybridized carbons (Fsp3) is 0.429. The van der Waals surface area contributed by atoms with Gasteiger partial charge in [-0.2, -0.15) is 0 Å². The van der Waals surface area contributed by atoms with Crippen LogP contribution in [0.4, 0.5) is 0 Å². The van der Waals surface area contributed by atoms with Crippen molar-refractivity contribution in [3.63, 3.8) is 0 Å². The van der Waals surface area contributed by atoms with Crippen LogP contribution in [0.5, 0.6) is 0 Å². The molecule has 0 spiro atoms. The molecule has 1 atom stereocenters. The van der Waals surface area contributed by atoms with E-state index < -0.39 is 0 Å². The van der Waals surface area contributed by atoms with Crippen LogP contribution in [0, 0.1) is 0 Å². The van der Waals surface area contributed by atoms with Gasteiger partial charge < -0.3 is 5.32 Å². The molecule has 0 aromatic carbocycles. The standard InChI is InChI=1S/C7H11ClN2/c1-5-3-4-10-7(9-2)6(5)8/h3-4,7,9-10H,1-2H3. The summed E-state index contributed by atoms with van der Waals surface area (Å²) in [5, 5.41) is 6.94. The first-order chi connectivity index (χ1) is 4.75. The number of halogens is 1. The van der Waals surface area contributed by atoms with E-state index in [1.54, 1.807) is 0 Å². The molecule has 0 aliphatic carbocycles. The summed E-state index contributed by atoms with van der Waals surface area (Å²) in [5.74, 6) is 0. The lowest BCUT2D eigenvalue weighted by atomic mass is 10.2. The van der Waals surface area contributed by atoms with E-state index in [0.29, 0.717) is 0 Å². The van der Waals surface area contributed by atoms with Gasteiger partial charge in [0.05, 0.1) is 5.03 Å².